The largest absolute Gasteiger partial charge is 0.478 e. The topological polar surface area (TPSA) is 129 Å². The van der Waals surface area contributed by atoms with Gasteiger partial charge in [0.15, 0.2) is 5.78 Å². The van der Waals surface area contributed by atoms with Crippen LogP contribution >= 0.6 is 0 Å². The summed E-state index contributed by atoms with van der Waals surface area (Å²) in [4.78, 5) is 42.6. The van der Waals surface area contributed by atoms with Crippen LogP contribution in [-0.2, 0) is 19.2 Å². The van der Waals surface area contributed by atoms with Crippen molar-refractivity contribution >= 4 is 23.7 Å². The number of carbonyl (C=O) groups excluding carboxylic acids is 1. The summed E-state index contributed by atoms with van der Waals surface area (Å²) in [5.74, 6) is -3.94. The van der Waals surface area contributed by atoms with Gasteiger partial charge >= 0.3 is 17.9 Å². The average molecular weight is 296 g/mol. The second-order valence-electron chi connectivity index (χ2n) is 4.00. The first-order valence-electron chi connectivity index (χ1n) is 6.08. The van der Waals surface area contributed by atoms with E-state index in [0.29, 0.717) is 12.5 Å². The van der Waals surface area contributed by atoms with Gasteiger partial charge in [0.2, 0.25) is 0 Å². The van der Waals surface area contributed by atoms with Gasteiger partial charge in [-0.1, -0.05) is 12.2 Å². The summed E-state index contributed by atoms with van der Waals surface area (Å²) in [6, 6.07) is 0. The number of carbonyl (C=O) groups is 4. The highest BCUT2D eigenvalue weighted by molar-refractivity contribution is 5.94. The maximum atomic E-state index is 11.4. The molecule has 0 aromatic rings. The fraction of sp³-hybridized carbons (Fsp3) is 0.286. The van der Waals surface area contributed by atoms with Crippen LogP contribution in [0.2, 0.25) is 0 Å². The zero-order valence-electron chi connectivity index (χ0n) is 11.2. The van der Waals surface area contributed by atoms with Gasteiger partial charge in [0.25, 0.3) is 0 Å². The van der Waals surface area contributed by atoms with Crippen LogP contribution in [0.4, 0.5) is 0 Å². The predicted molar refractivity (Wildman–Crippen MR) is 72.7 cm³/mol. The minimum absolute atomic E-state index is 0.00430. The maximum absolute atomic E-state index is 11.4. The number of rotatable bonds is 10. The standard InChI is InChI=1S/C14H16O7/c15-11(7-3-4-8-12(16)17)6-2-1-5-10(14(20)21)9-13(18)19/h2,4,6,8-9H,1,3,5,7H2,(H,16,17)(H,18,19)(H,20,21)/b6-2?,8-4?,10-9-. The minimum atomic E-state index is -1.34. The number of hydrogen-bond donors (Lipinski definition) is 3. The van der Waals surface area contributed by atoms with Gasteiger partial charge in [-0.2, -0.15) is 0 Å². The van der Waals surface area contributed by atoms with Crippen molar-refractivity contribution in [1.82, 2.24) is 0 Å². The lowest BCUT2D eigenvalue weighted by molar-refractivity contribution is -0.135. The first-order chi connectivity index (χ1) is 9.82. The molecule has 0 radical (unpaired) electrons. The van der Waals surface area contributed by atoms with Crippen molar-refractivity contribution in [3.8, 4) is 0 Å². The van der Waals surface area contributed by atoms with Crippen LogP contribution in [0.25, 0.3) is 0 Å². The molecule has 0 bridgehead atoms. The summed E-state index contributed by atoms with van der Waals surface area (Å²) in [5.41, 5.74) is -0.246. The molecule has 0 unspecified atom stereocenters. The Kier molecular flexibility index (Phi) is 8.83. The van der Waals surface area contributed by atoms with Crippen LogP contribution in [0.5, 0.6) is 0 Å². The third-order valence-corrected chi connectivity index (χ3v) is 2.27. The van der Waals surface area contributed by atoms with E-state index in [-0.39, 0.29) is 30.6 Å². The summed E-state index contributed by atoms with van der Waals surface area (Å²) in [5, 5.41) is 25.5. The smallest absolute Gasteiger partial charge is 0.331 e. The first-order valence-corrected chi connectivity index (χ1v) is 6.08. The number of carboxylic acid groups (broad SMARTS) is 3. The lowest BCUT2D eigenvalue weighted by Gasteiger charge is -1.97. The summed E-state index contributed by atoms with van der Waals surface area (Å²) >= 11 is 0. The molecule has 0 fully saturated rings. The summed E-state index contributed by atoms with van der Waals surface area (Å²) in [6.07, 6.45) is 6.35. The molecule has 21 heavy (non-hydrogen) atoms. The molecule has 3 N–H and O–H groups in total. The van der Waals surface area contributed by atoms with Crippen molar-refractivity contribution < 1.29 is 34.5 Å². The van der Waals surface area contributed by atoms with E-state index in [9.17, 15) is 19.2 Å². The molecule has 0 aromatic heterocycles. The van der Waals surface area contributed by atoms with Gasteiger partial charge < -0.3 is 15.3 Å². The van der Waals surface area contributed by atoms with E-state index in [4.69, 9.17) is 15.3 Å². The number of carboxylic acids is 3. The molecule has 0 saturated heterocycles. The molecule has 114 valence electrons. The molecular weight excluding hydrogens is 280 g/mol. The summed E-state index contributed by atoms with van der Waals surface area (Å²) in [6.45, 7) is 0. The van der Waals surface area contributed by atoms with Crippen molar-refractivity contribution in [2.24, 2.45) is 0 Å². The van der Waals surface area contributed by atoms with E-state index in [0.717, 1.165) is 6.08 Å². The van der Waals surface area contributed by atoms with Gasteiger partial charge in [-0.25, -0.2) is 14.4 Å². The normalized spacial score (nSPS) is 11.9. The maximum Gasteiger partial charge on any atom is 0.331 e. The molecular formula is C14H16O7. The highest BCUT2D eigenvalue weighted by atomic mass is 16.4. The van der Waals surface area contributed by atoms with Crippen molar-refractivity contribution in [3.05, 3.63) is 36.0 Å². The van der Waals surface area contributed by atoms with Gasteiger partial charge in [0.05, 0.1) is 0 Å². The third kappa shape index (κ3) is 10.9. The number of ketones is 1. The molecule has 0 saturated carbocycles. The fourth-order valence-corrected chi connectivity index (χ4v) is 1.34. The van der Waals surface area contributed by atoms with E-state index < -0.39 is 17.9 Å². The summed E-state index contributed by atoms with van der Waals surface area (Å²) < 4.78 is 0. The Morgan fingerprint density at radius 3 is 1.86 bits per heavy atom. The Balaban J connectivity index is 4.15. The highest BCUT2D eigenvalue weighted by Gasteiger charge is 2.08. The molecule has 0 aliphatic heterocycles. The van der Waals surface area contributed by atoms with Crippen LogP contribution in [0, 0.1) is 0 Å². The molecule has 0 amide bonds. The molecule has 7 nitrogen and oxygen atoms in total. The first kappa shape index (κ1) is 18.3. The molecule has 0 atom stereocenters. The second kappa shape index (κ2) is 10.1. The van der Waals surface area contributed by atoms with Gasteiger partial charge in [-0.15, -0.1) is 0 Å². The second-order valence-corrected chi connectivity index (χ2v) is 4.00. The molecule has 0 aromatic carbocycles. The van der Waals surface area contributed by atoms with Gasteiger partial charge in [-0.3, -0.25) is 4.79 Å². The molecule has 0 aliphatic carbocycles. The SMILES string of the molecule is O=C(O)C=CCCC(=O)C=CCC/C(=C/C(=O)O)C(=O)O. The molecule has 0 aliphatic rings. The number of allylic oxidation sites excluding steroid dienone is 3. The third-order valence-electron chi connectivity index (χ3n) is 2.27. The quantitative estimate of drug-likeness (QED) is 0.520. The molecule has 0 heterocycles. The van der Waals surface area contributed by atoms with Crippen molar-refractivity contribution in [3.63, 3.8) is 0 Å². The van der Waals surface area contributed by atoms with E-state index in [2.05, 4.69) is 0 Å². The van der Waals surface area contributed by atoms with Crippen LogP contribution in [0.15, 0.2) is 36.0 Å². The lowest BCUT2D eigenvalue weighted by atomic mass is 10.1. The zero-order chi connectivity index (χ0) is 16.3. The van der Waals surface area contributed by atoms with Crippen LogP contribution in [-0.4, -0.2) is 39.0 Å². The van der Waals surface area contributed by atoms with Crippen molar-refractivity contribution in [1.29, 1.82) is 0 Å². The average Bonchev–Trinajstić information content (AvgIpc) is 2.37. The fourth-order valence-electron chi connectivity index (χ4n) is 1.34. The zero-order valence-corrected chi connectivity index (χ0v) is 11.2. The lowest BCUT2D eigenvalue weighted by Crippen LogP contribution is -2.03. The van der Waals surface area contributed by atoms with E-state index in [1.807, 2.05) is 0 Å². The molecule has 0 rings (SSSR count). The van der Waals surface area contributed by atoms with Crippen molar-refractivity contribution in [2.75, 3.05) is 0 Å². The van der Waals surface area contributed by atoms with Gasteiger partial charge in [-0.05, 0) is 25.3 Å². The minimum Gasteiger partial charge on any atom is -0.478 e. The van der Waals surface area contributed by atoms with Gasteiger partial charge in [0, 0.05) is 24.1 Å². The van der Waals surface area contributed by atoms with Gasteiger partial charge in [0.1, 0.15) is 0 Å². The Morgan fingerprint density at radius 1 is 0.762 bits per heavy atom. The van der Waals surface area contributed by atoms with E-state index in [1.54, 1.807) is 0 Å². The van der Waals surface area contributed by atoms with Crippen LogP contribution in [0.3, 0.4) is 0 Å². The number of hydrogen-bond acceptors (Lipinski definition) is 4. The predicted octanol–water partition coefficient (Wildman–Crippen LogP) is 1.41. The van der Waals surface area contributed by atoms with Crippen LogP contribution < -0.4 is 0 Å². The molecule has 7 heteroatoms. The van der Waals surface area contributed by atoms with Crippen molar-refractivity contribution in [2.45, 2.75) is 25.7 Å². The van der Waals surface area contributed by atoms with Crippen LogP contribution in [0.1, 0.15) is 25.7 Å². The van der Waals surface area contributed by atoms with E-state index >= 15 is 0 Å². The molecule has 0 spiro atoms. The Hall–Kier alpha value is -2.70. The number of aliphatic carboxylic acids is 3. The Morgan fingerprint density at radius 2 is 1.33 bits per heavy atom. The Labute approximate surface area is 120 Å². The highest BCUT2D eigenvalue weighted by Crippen LogP contribution is 2.06. The monoisotopic (exact) mass is 296 g/mol. The summed E-state index contributed by atoms with van der Waals surface area (Å²) in [7, 11) is 0. The van der Waals surface area contributed by atoms with E-state index in [1.165, 1.54) is 18.2 Å². The Bertz CT molecular complexity index is 497.